The molecule has 1 aromatic rings. The Morgan fingerprint density at radius 3 is 2.33 bits per heavy atom. The smallest absolute Gasteiger partial charge is 0.319 e. The van der Waals surface area contributed by atoms with E-state index in [-0.39, 0.29) is 47.7 Å². The lowest BCUT2D eigenvalue weighted by Gasteiger charge is -2.44. The van der Waals surface area contributed by atoms with Crippen molar-refractivity contribution in [1.82, 2.24) is 14.7 Å². The van der Waals surface area contributed by atoms with Gasteiger partial charge in [0.2, 0.25) is 0 Å². The lowest BCUT2D eigenvalue weighted by Crippen LogP contribution is -2.63. The van der Waals surface area contributed by atoms with Gasteiger partial charge in [0.05, 0.1) is 36.3 Å². The number of aromatic hydroxyl groups is 1. The van der Waals surface area contributed by atoms with Crippen LogP contribution in [0, 0.1) is 0 Å². The first-order chi connectivity index (χ1) is 12.7. The average Bonchev–Trinajstić information content (AvgIpc) is 2.94. The Morgan fingerprint density at radius 2 is 1.74 bits per heavy atom. The van der Waals surface area contributed by atoms with E-state index in [0.29, 0.717) is 0 Å². The Balaban J connectivity index is 1.94. The fourth-order valence-corrected chi connectivity index (χ4v) is 5.69. The molecule has 2 aliphatic rings. The lowest BCUT2D eigenvalue weighted by atomic mass is 10.0. The summed E-state index contributed by atoms with van der Waals surface area (Å²) in [5.74, 6) is -0.973. The number of piperazine rings is 1. The predicted octanol–water partition coefficient (Wildman–Crippen LogP) is 0.00580. The third-order valence-electron chi connectivity index (χ3n) is 5.01. The molecule has 9 nitrogen and oxygen atoms in total. The fraction of sp³-hybridized carbons (Fsp3) is 0.529. The van der Waals surface area contributed by atoms with Crippen LogP contribution >= 0.6 is 0 Å². The molecule has 1 N–H and O–H groups in total. The van der Waals surface area contributed by atoms with E-state index in [1.807, 2.05) is 0 Å². The van der Waals surface area contributed by atoms with Gasteiger partial charge < -0.3 is 24.5 Å². The Bertz CT molecular complexity index is 869. The molecule has 2 heterocycles. The van der Waals surface area contributed by atoms with Crippen molar-refractivity contribution in [3.8, 4) is 11.5 Å². The van der Waals surface area contributed by atoms with Gasteiger partial charge in [0, 0.05) is 27.2 Å². The van der Waals surface area contributed by atoms with E-state index in [0.717, 1.165) is 0 Å². The maximum absolute atomic E-state index is 13.1. The number of hydrogen-bond acceptors (Lipinski definition) is 6. The first-order valence-electron chi connectivity index (χ1n) is 8.51. The number of para-hydroxylation sites is 1. The van der Waals surface area contributed by atoms with Crippen molar-refractivity contribution in [2.75, 3.05) is 45.8 Å². The van der Waals surface area contributed by atoms with Crippen LogP contribution in [0.1, 0.15) is 10.4 Å². The van der Waals surface area contributed by atoms with Crippen LogP contribution in [0.2, 0.25) is 0 Å². The Kier molecular flexibility index (Phi) is 4.94. The zero-order chi connectivity index (χ0) is 19.9. The van der Waals surface area contributed by atoms with E-state index in [4.69, 9.17) is 4.74 Å². The number of hydrogen-bond donors (Lipinski definition) is 1. The molecule has 3 rings (SSSR count). The van der Waals surface area contributed by atoms with E-state index in [2.05, 4.69) is 0 Å². The molecule has 27 heavy (non-hydrogen) atoms. The monoisotopic (exact) mass is 397 g/mol. The third kappa shape index (κ3) is 3.41. The number of rotatable bonds is 2. The molecule has 0 aromatic heterocycles. The number of carbonyl (C=O) groups is 2. The molecule has 0 radical (unpaired) electrons. The fourth-order valence-electron chi connectivity index (χ4n) is 3.71. The highest BCUT2D eigenvalue weighted by Crippen LogP contribution is 2.33. The van der Waals surface area contributed by atoms with Gasteiger partial charge in [0.1, 0.15) is 0 Å². The molecule has 0 bridgehead atoms. The summed E-state index contributed by atoms with van der Waals surface area (Å²) in [6.45, 7) is 0.413. The number of methoxy groups -OCH3 is 1. The van der Waals surface area contributed by atoms with Crippen LogP contribution in [-0.4, -0.2) is 98.0 Å². The summed E-state index contributed by atoms with van der Waals surface area (Å²) in [4.78, 5) is 29.8. The highest BCUT2D eigenvalue weighted by atomic mass is 32.2. The molecular formula is C17H23N3O6S. The molecule has 2 saturated heterocycles. The highest BCUT2D eigenvalue weighted by molar-refractivity contribution is 7.91. The molecule has 2 fully saturated rings. The standard InChI is InChI=1S/C17H23N3O6S/c1-18(2)17(23)20-8-7-19(12-9-27(24,25)10-13(12)20)16(22)11-5-4-6-14(26-3)15(11)21/h4-6,12-13,21H,7-10H2,1-3H3/t12-,13+/m0/s1. The van der Waals surface area contributed by atoms with E-state index in [1.54, 1.807) is 20.2 Å². The van der Waals surface area contributed by atoms with Crippen LogP contribution in [0.3, 0.4) is 0 Å². The molecular weight excluding hydrogens is 374 g/mol. The lowest BCUT2D eigenvalue weighted by molar-refractivity contribution is 0.0390. The Hall–Kier alpha value is -2.49. The number of amides is 3. The number of phenols is 1. The third-order valence-corrected chi connectivity index (χ3v) is 6.71. The Labute approximate surface area is 158 Å². The van der Waals surface area contributed by atoms with E-state index in [9.17, 15) is 23.1 Å². The van der Waals surface area contributed by atoms with Crippen molar-refractivity contribution in [3.05, 3.63) is 23.8 Å². The SMILES string of the molecule is COc1cccc(C(=O)N2CCN(C(=O)N(C)C)[C@@H]3CS(=O)(=O)C[C@@H]32)c1O. The van der Waals surface area contributed by atoms with Gasteiger partial charge in [-0.25, -0.2) is 13.2 Å². The van der Waals surface area contributed by atoms with E-state index in [1.165, 1.54) is 33.9 Å². The van der Waals surface area contributed by atoms with Crippen molar-refractivity contribution in [2.24, 2.45) is 0 Å². The van der Waals surface area contributed by atoms with Gasteiger partial charge in [-0.05, 0) is 12.1 Å². The number of benzene rings is 1. The van der Waals surface area contributed by atoms with Crippen molar-refractivity contribution < 1.29 is 27.9 Å². The van der Waals surface area contributed by atoms with Gasteiger partial charge in [-0.2, -0.15) is 0 Å². The van der Waals surface area contributed by atoms with E-state index < -0.39 is 27.8 Å². The summed E-state index contributed by atoms with van der Waals surface area (Å²) >= 11 is 0. The largest absolute Gasteiger partial charge is 0.504 e. The normalized spacial score (nSPS) is 23.7. The summed E-state index contributed by atoms with van der Waals surface area (Å²) in [5.41, 5.74) is 0.0461. The first-order valence-corrected chi connectivity index (χ1v) is 10.3. The summed E-state index contributed by atoms with van der Waals surface area (Å²) < 4.78 is 29.5. The number of phenolic OH excluding ortho intramolecular Hbond substituents is 1. The van der Waals surface area contributed by atoms with Crippen LogP contribution in [0.4, 0.5) is 4.79 Å². The first kappa shape index (κ1) is 19.3. The zero-order valence-corrected chi connectivity index (χ0v) is 16.3. The van der Waals surface area contributed by atoms with Crippen LogP contribution in [-0.2, 0) is 9.84 Å². The van der Waals surface area contributed by atoms with Crippen LogP contribution in [0.5, 0.6) is 11.5 Å². The summed E-state index contributed by atoms with van der Waals surface area (Å²) in [6, 6.07) is 3.05. The number of urea groups is 1. The van der Waals surface area contributed by atoms with E-state index >= 15 is 0 Å². The quantitative estimate of drug-likeness (QED) is 0.753. The molecule has 3 amide bonds. The molecule has 0 aliphatic carbocycles. The number of nitrogens with zero attached hydrogens (tertiary/aromatic N) is 3. The predicted molar refractivity (Wildman–Crippen MR) is 97.7 cm³/mol. The maximum atomic E-state index is 13.1. The van der Waals surface area contributed by atoms with Crippen molar-refractivity contribution in [2.45, 2.75) is 12.1 Å². The van der Waals surface area contributed by atoms with Gasteiger partial charge >= 0.3 is 6.03 Å². The number of ether oxygens (including phenoxy) is 1. The van der Waals surface area contributed by atoms with Crippen molar-refractivity contribution in [3.63, 3.8) is 0 Å². The van der Waals surface area contributed by atoms with Crippen LogP contribution in [0.15, 0.2) is 18.2 Å². The Morgan fingerprint density at radius 1 is 1.15 bits per heavy atom. The van der Waals surface area contributed by atoms with Crippen LogP contribution in [0.25, 0.3) is 0 Å². The summed E-state index contributed by atoms with van der Waals surface area (Å²) in [5, 5.41) is 10.3. The minimum Gasteiger partial charge on any atom is -0.504 e. The van der Waals surface area contributed by atoms with Gasteiger partial charge in [0.15, 0.2) is 21.3 Å². The topological polar surface area (TPSA) is 107 Å². The minimum absolute atomic E-state index is 0.0461. The maximum Gasteiger partial charge on any atom is 0.319 e. The average molecular weight is 397 g/mol. The molecule has 1 aromatic carbocycles. The summed E-state index contributed by atoms with van der Waals surface area (Å²) in [6.07, 6.45) is 0. The van der Waals surface area contributed by atoms with Gasteiger partial charge in [-0.3, -0.25) is 4.79 Å². The number of sulfone groups is 1. The minimum atomic E-state index is -3.39. The number of fused-ring (bicyclic) bond motifs is 1. The summed E-state index contributed by atoms with van der Waals surface area (Å²) in [7, 11) is 1.20. The van der Waals surface area contributed by atoms with Crippen molar-refractivity contribution >= 4 is 21.8 Å². The van der Waals surface area contributed by atoms with Gasteiger partial charge in [-0.15, -0.1) is 0 Å². The van der Waals surface area contributed by atoms with Gasteiger partial charge in [0.25, 0.3) is 5.91 Å². The number of carbonyl (C=O) groups excluding carboxylic acids is 2. The molecule has 0 spiro atoms. The molecule has 148 valence electrons. The second-order valence-electron chi connectivity index (χ2n) is 6.94. The molecule has 10 heteroatoms. The zero-order valence-electron chi connectivity index (χ0n) is 15.5. The second kappa shape index (κ2) is 6.91. The van der Waals surface area contributed by atoms with Gasteiger partial charge in [-0.1, -0.05) is 6.07 Å². The molecule has 2 aliphatic heterocycles. The van der Waals surface area contributed by atoms with Crippen LogP contribution < -0.4 is 4.74 Å². The molecule has 0 unspecified atom stereocenters. The second-order valence-corrected chi connectivity index (χ2v) is 9.09. The molecule has 0 saturated carbocycles. The highest BCUT2D eigenvalue weighted by Gasteiger charge is 2.50. The molecule has 2 atom stereocenters. The van der Waals surface area contributed by atoms with Crippen molar-refractivity contribution in [1.29, 1.82) is 0 Å².